The zero-order chi connectivity index (χ0) is 14.0. The summed E-state index contributed by atoms with van der Waals surface area (Å²) in [5.74, 6) is -0.335. The van der Waals surface area contributed by atoms with Crippen LogP contribution in [0.1, 0.15) is 42.2 Å². The molecule has 1 atom stereocenters. The van der Waals surface area contributed by atoms with Gasteiger partial charge in [0.25, 0.3) is 0 Å². The number of carboxylic acid groups (broad SMARTS) is 1. The van der Waals surface area contributed by atoms with E-state index in [2.05, 4.69) is 19.0 Å². The third-order valence-corrected chi connectivity index (χ3v) is 3.48. The lowest BCUT2D eigenvalue weighted by molar-refractivity contribution is 0.0686. The normalized spacial score (nSPS) is 12.4. The van der Waals surface area contributed by atoms with Crippen LogP contribution < -0.4 is 0 Å². The van der Waals surface area contributed by atoms with E-state index in [1.807, 2.05) is 12.1 Å². The average molecular weight is 280 g/mol. The van der Waals surface area contributed by atoms with Crippen LogP contribution >= 0.6 is 11.6 Å². The van der Waals surface area contributed by atoms with Gasteiger partial charge in [0.1, 0.15) is 0 Å². The molecule has 0 spiro atoms. The van der Waals surface area contributed by atoms with E-state index in [9.17, 15) is 4.79 Å². The first kappa shape index (κ1) is 13.6. The Balaban J connectivity index is 2.35. The molecular formula is C14H14ClNO3. The molecule has 0 radical (unpaired) electrons. The fourth-order valence-corrected chi connectivity index (χ4v) is 2.18. The molecule has 0 amide bonds. The van der Waals surface area contributed by atoms with Crippen molar-refractivity contribution >= 4 is 17.6 Å². The maximum absolute atomic E-state index is 10.7. The molecule has 0 aliphatic rings. The number of aromatic carboxylic acids is 1. The van der Waals surface area contributed by atoms with Crippen LogP contribution in [0.25, 0.3) is 11.3 Å². The van der Waals surface area contributed by atoms with Crippen LogP contribution in [-0.2, 0) is 0 Å². The molecule has 4 nitrogen and oxygen atoms in total. The molecule has 0 saturated heterocycles. The van der Waals surface area contributed by atoms with Gasteiger partial charge in [-0.25, -0.2) is 4.79 Å². The quantitative estimate of drug-likeness (QED) is 0.911. The minimum absolute atomic E-state index is 0.114. The van der Waals surface area contributed by atoms with Crippen LogP contribution in [0.3, 0.4) is 0 Å². The van der Waals surface area contributed by atoms with Gasteiger partial charge in [-0.1, -0.05) is 42.7 Å². The van der Waals surface area contributed by atoms with Gasteiger partial charge in [0.2, 0.25) is 0 Å². The number of rotatable bonds is 4. The Morgan fingerprint density at radius 2 is 2.21 bits per heavy atom. The number of carboxylic acids is 1. The number of hydrogen-bond donors (Lipinski definition) is 1. The Kier molecular flexibility index (Phi) is 3.90. The van der Waals surface area contributed by atoms with Crippen LogP contribution in [0.2, 0.25) is 5.02 Å². The maximum Gasteiger partial charge on any atom is 0.358 e. The Morgan fingerprint density at radius 1 is 1.47 bits per heavy atom. The molecule has 2 aromatic rings. The molecule has 19 heavy (non-hydrogen) atoms. The van der Waals surface area contributed by atoms with Crippen LogP contribution in [0, 0.1) is 0 Å². The third-order valence-electron chi connectivity index (χ3n) is 3.16. The summed E-state index contributed by atoms with van der Waals surface area (Å²) >= 11 is 6.24. The highest BCUT2D eigenvalue weighted by molar-refractivity contribution is 6.31. The van der Waals surface area contributed by atoms with E-state index < -0.39 is 5.97 Å². The van der Waals surface area contributed by atoms with Gasteiger partial charge in [0, 0.05) is 16.7 Å². The van der Waals surface area contributed by atoms with Gasteiger partial charge in [-0.3, -0.25) is 0 Å². The van der Waals surface area contributed by atoms with Gasteiger partial charge in [-0.05, 0) is 24.0 Å². The highest BCUT2D eigenvalue weighted by Gasteiger charge is 2.14. The number of benzene rings is 1. The summed E-state index contributed by atoms with van der Waals surface area (Å²) in [7, 11) is 0. The highest BCUT2D eigenvalue weighted by Crippen LogP contribution is 2.31. The summed E-state index contributed by atoms with van der Waals surface area (Å²) in [6.45, 7) is 4.21. The fraction of sp³-hybridized carbons (Fsp3) is 0.286. The number of carbonyl (C=O) groups is 1. The van der Waals surface area contributed by atoms with Crippen LogP contribution in [-0.4, -0.2) is 16.2 Å². The monoisotopic (exact) mass is 279 g/mol. The zero-order valence-electron chi connectivity index (χ0n) is 10.7. The van der Waals surface area contributed by atoms with Crippen LogP contribution in [0.4, 0.5) is 0 Å². The van der Waals surface area contributed by atoms with Gasteiger partial charge in [0.05, 0.1) is 0 Å². The van der Waals surface area contributed by atoms with Gasteiger partial charge in [-0.2, -0.15) is 0 Å². The van der Waals surface area contributed by atoms with Gasteiger partial charge < -0.3 is 9.63 Å². The summed E-state index contributed by atoms with van der Waals surface area (Å²) in [5, 5.41) is 12.9. The van der Waals surface area contributed by atoms with E-state index >= 15 is 0 Å². The largest absolute Gasteiger partial charge is 0.476 e. The minimum atomic E-state index is -1.11. The van der Waals surface area contributed by atoms with E-state index in [1.165, 1.54) is 6.07 Å². The van der Waals surface area contributed by atoms with Crippen molar-refractivity contribution in [3.63, 3.8) is 0 Å². The second-order valence-electron chi connectivity index (χ2n) is 4.43. The summed E-state index contributed by atoms with van der Waals surface area (Å²) in [5.41, 5.74) is 1.68. The van der Waals surface area contributed by atoms with Gasteiger partial charge in [0.15, 0.2) is 11.5 Å². The van der Waals surface area contributed by atoms with Crippen LogP contribution in [0.15, 0.2) is 28.8 Å². The first-order chi connectivity index (χ1) is 9.02. The van der Waals surface area contributed by atoms with Crippen molar-refractivity contribution in [2.75, 3.05) is 0 Å². The molecule has 100 valence electrons. The van der Waals surface area contributed by atoms with Gasteiger partial charge in [-0.15, -0.1) is 0 Å². The first-order valence-electron chi connectivity index (χ1n) is 6.02. The maximum atomic E-state index is 10.7. The summed E-state index contributed by atoms with van der Waals surface area (Å²) in [4.78, 5) is 10.7. The lowest BCUT2D eigenvalue weighted by atomic mass is 9.97. The van der Waals surface area contributed by atoms with E-state index in [1.54, 1.807) is 6.07 Å². The first-order valence-corrected chi connectivity index (χ1v) is 6.40. The van der Waals surface area contributed by atoms with E-state index in [4.69, 9.17) is 21.2 Å². The second-order valence-corrected chi connectivity index (χ2v) is 4.83. The molecule has 0 bridgehead atoms. The second kappa shape index (κ2) is 5.45. The third kappa shape index (κ3) is 2.79. The minimum Gasteiger partial charge on any atom is -0.476 e. The van der Waals surface area contributed by atoms with E-state index in [0.717, 1.165) is 17.5 Å². The Hall–Kier alpha value is -1.81. The van der Waals surface area contributed by atoms with Crippen molar-refractivity contribution in [2.24, 2.45) is 0 Å². The van der Waals surface area contributed by atoms with Crippen molar-refractivity contribution in [1.29, 1.82) is 0 Å². The van der Waals surface area contributed by atoms with Crippen LogP contribution in [0.5, 0.6) is 0 Å². The fourth-order valence-electron chi connectivity index (χ4n) is 1.81. The Bertz CT molecular complexity index is 606. The molecule has 1 unspecified atom stereocenters. The number of nitrogens with zero attached hydrogens (tertiary/aromatic N) is 1. The molecule has 1 aromatic carbocycles. The molecule has 0 aliphatic heterocycles. The summed E-state index contributed by atoms with van der Waals surface area (Å²) in [6, 6.07) is 6.96. The number of halogens is 1. The molecule has 0 aliphatic carbocycles. The Morgan fingerprint density at radius 3 is 2.74 bits per heavy atom. The molecule has 0 saturated carbocycles. The smallest absolute Gasteiger partial charge is 0.358 e. The van der Waals surface area contributed by atoms with Crippen molar-refractivity contribution < 1.29 is 14.4 Å². The molecule has 1 aromatic heterocycles. The van der Waals surface area contributed by atoms with Crippen molar-refractivity contribution in [1.82, 2.24) is 5.16 Å². The topological polar surface area (TPSA) is 63.3 Å². The SMILES string of the molecule is CCC(C)c1ccc(-c2cc(C(=O)O)no2)cc1Cl. The van der Waals surface area contributed by atoms with Crippen molar-refractivity contribution in [2.45, 2.75) is 26.2 Å². The molecular weight excluding hydrogens is 266 g/mol. The average Bonchev–Trinajstić information content (AvgIpc) is 2.87. The van der Waals surface area contributed by atoms with Gasteiger partial charge >= 0.3 is 5.97 Å². The lowest BCUT2D eigenvalue weighted by Crippen LogP contribution is -1.94. The number of hydrogen-bond acceptors (Lipinski definition) is 3. The lowest BCUT2D eigenvalue weighted by Gasteiger charge is -2.11. The standard InChI is InChI=1S/C14H14ClNO3/c1-3-8(2)10-5-4-9(6-11(10)15)13-7-12(14(17)18)16-19-13/h4-8H,3H2,1-2H3,(H,17,18). The number of aromatic nitrogens is 1. The van der Waals surface area contributed by atoms with Crippen molar-refractivity contribution in [3.8, 4) is 11.3 Å². The molecule has 5 heteroatoms. The summed E-state index contributed by atoms with van der Waals surface area (Å²) in [6.07, 6.45) is 1.00. The predicted molar refractivity (Wildman–Crippen MR) is 72.6 cm³/mol. The zero-order valence-corrected chi connectivity index (χ0v) is 11.4. The highest BCUT2D eigenvalue weighted by atomic mass is 35.5. The Labute approximate surface area is 116 Å². The molecule has 1 N–H and O–H groups in total. The molecule has 0 fully saturated rings. The summed E-state index contributed by atoms with van der Waals surface area (Å²) < 4.78 is 5.00. The van der Waals surface area contributed by atoms with E-state index in [0.29, 0.717) is 16.7 Å². The van der Waals surface area contributed by atoms with Crippen molar-refractivity contribution in [3.05, 3.63) is 40.5 Å². The molecule has 2 rings (SSSR count). The molecule has 1 heterocycles. The van der Waals surface area contributed by atoms with E-state index in [-0.39, 0.29) is 5.69 Å². The predicted octanol–water partition coefficient (Wildman–Crippen LogP) is 4.21.